The molecule has 0 unspecified atom stereocenters. The number of benzene rings is 1. The minimum atomic E-state index is 0.571. The molecule has 5 heteroatoms. The van der Waals surface area contributed by atoms with Crippen LogP contribution < -0.4 is 0 Å². The summed E-state index contributed by atoms with van der Waals surface area (Å²) in [7, 11) is 0. The fourth-order valence-corrected chi connectivity index (χ4v) is 1.12. The van der Waals surface area contributed by atoms with Gasteiger partial charge in [0.1, 0.15) is 0 Å². The summed E-state index contributed by atoms with van der Waals surface area (Å²) in [5.41, 5.74) is 0.885. The number of hydrogen-bond donors (Lipinski definition) is 1. The Morgan fingerprint density at radius 1 is 1.33 bits per heavy atom. The number of H-pyrrole nitrogens is 1. The molecule has 0 saturated heterocycles. The van der Waals surface area contributed by atoms with Crippen molar-refractivity contribution >= 4 is 0 Å². The smallest absolute Gasteiger partial charge is 0.177 e. The van der Waals surface area contributed by atoms with E-state index in [4.69, 9.17) is 11.6 Å². The first kappa shape index (κ1) is 7.24. The summed E-state index contributed by atoms with van der Waals surface area (Å²) in [5.74, 6) is 0.571. The van der Waals surface area contributed by atoms with Gasteiger partial charge in [-0.15, -0.1) is 10.2 Å². The van der Waals surface area contributed by atoms with Crippen molar-refractivity contribution in [2.24, 2.45) is 0 Å². The first-order chi connectivity index (χ1) is 5.86. The van der Waals surface area contributed by atoms with Gasteiger partial charge < -0.3 is 0 Å². The lowest BCUT2D eigenvalue weighted by Crippen LogP contribution is -1.80. The third-order valence-corrected chi connectivity index (χ3v) is 1.69. The SMILES string of the molecule is [ClH+]c1cccc(-c2nn[nH]n2)c1. The number of aromatic nitrogens is 4. The van der Waals surface area contributed by atoms with Crippen LogP contribution in [0.25, 0.3) is 11.4 Å². The van der Waals surface area contributed by atoms with Gasteiger partial charge in [0.2, 0.25) is 10.8 Å². The first-order valence-corrected chi connectivity index (χ1v) is 3.78. The minimum Gasteiger partial charge on any atom is -0.177 e. The Balaban J connectivity index is 2.48. The van der Waals surface area contributed by atoms with Crippen molar-refractivity contribution in [1.82, 2.24) is 20.6 Å². The predicted molar refractivity (Wildman–Crippen MR) is 40.2 cm³/mol. The second-order valence-corrected chi connectivity index (χ2v) is 2.73. The zero-order chi connectivity index (χ0) is 8.39. The van der Waals surface area contributed by atoms with Crippen LogP contribution in [0.1, 0.15) is 0 Å². The van der Waals surface area contributed by atoms with Gasteiger partial charge in [-0.1, -0.05) is 12.1 Å². The molecule has 0 saturated carbocycles. The molecule has 0 bridgehead atoms. The summed E-state index contributed by atoms with van der Waals surface area (Å²) in [6.07, 6.45) is 0. The molecule has 4 nitrogen and oxygen atoms in total. The van der Waals surface area contributed by atoms with Crippen LogP contribution in [-0.4, -0.2) is 20.6 Å². The summed E-state index contributed by atoms with van der Waals surface area (Å²) in [5, 5.41) is 14.3. The molecule has 0 aliphatic rings. The fraction of sp³-hybridized carbons (Fsp3) is 0. The Morgan fingerprint density at radius 2 is 2.25 bits per heavy atom. The summed E-state index contributed by atoms with van der Waals surface area (Å²) in [6, 6.07) is 7.44. The molecular weight excluding hydrogens is 176 g/mol. The van der Waals surface area contributed by atoms with E-state index in [1.54, 1.807) is 0 Å². The number of aromatic amines is 1. The molecule has 0 atom stereocenters. The van der Waals surface area contributed by atoms with Gasteiger partial charge in [0.15, 0.2) is 11.6 Å². The Hall–Kier alpha value is -1.42. The number of hydrogen-bond acceptors (Lipinski definition) is 3. The topological polar surface area (TPSA) is 54.5 Å². The molecule has 0 radical (unpaired) electrons. The average Bonchev–Trinajstić information content (AvgIpc) is 2.56. The molecule has 1 heterocycles. The quantitative estimate of drug-likeness (QED) is 0.700. The number of tetrazole rings is 1. The lowest BCUT2D eigenvalue weighted by Gasteiger charge is -1.89. The van der Waals surface area contributed by atoms with Crippen LogP contribution in [0.4, 0.5) is 0 Å². The van der Waals surface area contributed by atoms with E-state index in [1.165, 1.54) is 0 Å². The second kappa shape index (κ2) is 2.91. The maximum atomic E-state index is 4.99. The van der Waals surface area contributed by atoms with Gasteiger partial charge in [-0.3, -0.25) is 0 Å². The van der Waals surface area contributed by atoms with Gasteiger partial charge in [0.05, 0.1) is 0 Å². The van der Waals surface area contributed by atoms with E-state index in [9.17, 15) is 0 Å². The third-order valence-electron chi connectivity index (χ3n) is 1.44. The molecule has 2 rings (SSSR count). The predicted octanol–water partition coefficient (Wildman–Crippen LogP) is 0.563. The van der Waals surface area contributed by atoms with Crippen LogP contribution in [0.15, 0.2) is 24.3 Å². The van der Waals surface area contributed by atoms with Crippen LogP contribution in [-0.2, 0) is 0 Å². The van der Waals surface area contributed by atoms with E-state index in [0.717, 1.165) is 10.6 Å². The lowest BCUT2D eigenvalue weighted by molar-refractivity contribution is -0.288. The summed E-state index contributed by atoms with van der Waals surface area (Å²) < 4.78 is 0. The molecule has 2 aromatic rings. The Morgan fingerprint density at radius 3 is 2.92 bits per heavy atom. The maximum absolute atomic E-state index is 4.99. The van der Waals surface area contributed by atoms with Gasteiger partial charge in [-0.25, -0.2) is 0 Å². The van der Waals surface area contributed by atoms with Crippen LogP contribution in [0.5, 0.6) is 0 Å². The van der Waals surface area contributed by atoms with Crippen molar-refractivity contribution in [3.63, 3.8) is 0 Å². The van der Waals surface area contributed by atoms with Crippen molar-refractivity contribution in [1.29, 1.82) is 0 Å². The van der Waals surface area contributed by atoms with E-state index in [2.05, 4.69) is 20.6 Å². The van der Waals surface area contributed by atoms with Crippen molar-refractivity contribution in [3.8, 4) is 11.4 Å². The summed E-state index contributed by atoms with van der Waals surface area (Å²) in [4.78, 5) is 0. The maximum Gasteiger partial charge on any atom is 0.226 e. The van der Waals surface area contributed by atoms with Crippen molar-refractivity contribution in [2.45, 2.75) is 0 Å². The highest BCUT2D eigenvalue weighted by atomic mass is 35.5. The Labute approximate surface area is 73.6 Å². The van der Waals surface area contributed by atoms with Crippen molar-refractivity contribution < 1.29 is 11.6 Å². The van der Waals surface area contributed by atoms with Gasteiger partial charge >= 0.3 is 0 Å². The lowest BCUT2D eigenvalue weighted by atomic mass is 10.2. The van der Waals surface area contributed by atoms with Crippen LogP contribution >= 0.6 is 0 Å². The number of rotatable bonds is 1. The third kappa shape index (κ3) is 1.29. The van der Waals surface area contributed by atoms with Gasteiger partial charge in [0.25, 0.3) is 0 Å². The van der Waals surface area contributed by atoms with E-state index in [1.807, 2.05) is 24.3 Å². The first-order valence-electron chi connectivity index (χ1n) is 3.37. The molecule has 1 aromatic heterocycles. The molecular formula is C7H6ClN4+. The highest BCUT2D eigenvalue weighted by Crippen LogP contribution is 2.14. The van der Waals surface area contributed by atoms with Crippen molar-refractivity contribution in [2.75, 3.05) is 0 Å². The zero-order valence-corrected chi connectivity index (χ0v) is 6.88. The van der Waals surface area contributed by atoms with Gasteiger partial charge in [-0.2, -0.15) is 5.21 Å². The zero-order valence-electron chi connectivity index (χ0n) is 6.06. The van der Waals surface area contributed by atoms with Gasteiger partial charge in [-0.05, 0) is 5.21 Å². The standard InChI is InChI=1S/C7H6ClN4/c8-6-3-1-2-5(4-6)7-9-11-12-10-7/h1-4,8H,(H,9,10,11,12)/q+1. The van der Waals surface area contributed by atoms with Crippen LogP contribution in [0.2, 0.25) is 5.02 Å². The minimum absolute atomic E-state index is 0.571. The summed E-state index contributed by atoms with van der Waals surface area (Å²) >= 11 is 4.99. The van der Waals surface area contributed by atoms with E-state index in [0.29, 0.717) is 5.82 Å². The van der Waals surface area contributed by atoms with Crippen molar-refractivity contribution in [3.05, 3.63) is 29.3 Å². The second-order valence-electron chi connectivity index (χ2n) is 2.26. The average molecular weight is 182 g/mol. The molecule has 1 aromatic carbocycles. The fourth-order valence-electron chi connectivity index (χ4n) is 0.919. The summed E-state index contributed by atoms with van der Waals surface area (Å²) in [6.45, 7) is 0. The molecule has 0 amide bonds. The Kier molecular flexibility index (Phi) is 1.75. The molecule has 12 heavy (non-hydrogen) atoms. The van der Waals surface area contributed by atoms with Gasteiger partial charge in [0, 0.05) is 17.7 Å². The van der Waals surface area contributed by atoms with Crippen LogP contribution in [0, 0.1) is 11.6 Å². The van der Waals surface area contributed by atoms with E-state index >= 15 is 0 Å². The number of nitrogens with zero attached hydrogens (tertiary/aromatic N) is 3. The molecule has 60 valence electrons. The molecule has 0 aliphatic carbocycles. The van der Waals surface area contributed by atoms with E-state index in [-0.39, 0.29) is 0 Å². The largest absolute Gasteiger partial charge is 0.226 e. The molecule has 0 spiro atoms. The normalized spacial score (nSPS) is 10.1. The van der Waals surface area contributed by atoms with Crippen LogP contribution in [0.3, 0.4) is 0 Å². The molecule has 0 fully saturated rings. The Bertz CT molecular complexity index is 371. The highest BCUT2D eigenvalue weighted by molar-refractivity contribution is 5.54. The van der Waals surface area contributed by atoms with E-state index < -0.39 is 0 Å². The number of halogens is 1. The molecule has 0 aliphatic heterocycles. The monoisotopic (exact) mass is 181 g/mol. The number of nitrogens with one attached hydrogen (secondary N) is 1. The highest BCUT2D eigenvalue weighted by Gasteiger charge is 2.04. The molecule has 1 N–H and O–H groups in total.